The first-order valence-corrected chi connectivity index (χ1v) is 5.60. The third-order valence-corrected chi connectivity index (χ3v) is 2.49. The number of hydrogen-bond acceptors (Lipinski definition) is 3. The second-order valence-electron chi connectivity index (χ2n) is 4.46. The van der Waals surface area contributed by atoms with Crippen molar-refractivity contribution in [3.63, 3.8) is 0 Å². The average Bonchev–Trinajstić information content (AvgIpc) is 2.23. The summed E-state index contributed by atoms with van der Waals surface area (Å²) in [6, 6.07) is 0.183. The Bertz CT molecular complexity index is 241. The molecule has 0 aromatic heterocycles. The van der Waals surface area contributed by atoms with Gasteiger partial charge >= 0.3 is 0 Å². The van der Waals surface area contributed by atoms with Crippen LogP contribution in [-0.4, -0.2) is 42.9 Å². The summed E-state index contributed by atoms with van der Waals surface area (Å²) in [5.74, 6) is 0.150. The van der Waals surface area contributed by atoms with E-state index >= 15 is 0 Å². The molecule has 16 heavy (non-hydrogen) atoms. The molecular formula is C11H23N3O2. The summed E-state index contributed by atoms with van der Waals surface area (Å²) in [6.07, 6.45) is 0.951. The molecule has 1 unspecified atom stereocenters. The molecule has 5 nitrogen and oxygen atoms in total. The Hall–Kier alpha value is -1.10. The zero-order chi connectivity index (χ0) is 12.7. The quantitative estimate of drug-likeness (QED) is 0.671. The number of nitrogens with zero attached hydrogens (tertiary/aromatic N) is 1. The van der Waals surface area contributed by atoms with Crippen LogP contribution in [0.5, 0.6) is 0 Å². The van der Waals surface area contributed by atoms with Crippen LogP contribution in [-0.2, 0) is 9.59 Å². The van der Waals surface area contributed by atoms with Crippen molar-refractivity contribution in [3.05, 3.63) is 0 Å². The van der Waals surface area contributed by atoms with Crippen molar-refractivity contribution in [1.29, 1.82) is 0 Å². The van der Waals surface area contributed by atoms with Crippen LogP contribution in [0.2, 0.25) is 0 Å². The summed E-state index contributed by atoms with van der Waals surface area (Å²) in [5.41, 5.74) is 5.12. The van der Waals surface area contributed by atoms with E-state index in [0.717, 1.165) is 6.42 Å². The maximum Gasteiger partial charge on any atom is 0.241 e. The van der Waals surface area contributed by atoms with E-state index in [0.29, 0.717) is 5.92 Å². The molecule has 0 fully saturated rings. The van der Waals surface area contributed by atoms with Crippen LogP contribution in [0.1, 0.15) is 27.2 Å². The van der Waals surface area contributed by atoms with E-state index in [1.54, 1.807) is 11.9 Å². The van der Waals surface area contributed by atoms with Crippen LogP contribution in [0.15, 0.2) is 0 Å². The van der Waals surface area contributed by atoms with E-state index in [9.17, 15) is 9.59 Å². The highest BCUT2D eigenvalue weighted by Crippen LogP contribution is 2.09. The monoisotopic (exact) mass is 229 g/mol. The van der Waals surface area contributed by atoms with Gasteiger partial charge in [-0.15, -0.1) is 0 Å². The van der Waals surface area contributed by atoms with E-state index in [4.69, 9.17) is 5.73 Å². The average molecular weight is 229 g/mol. The number of nitrogens with two attached hydrogens (primary N) is 1. The van der Waals surface area contributed by atoms with E-state index < -0.39 is 0 Å². The lowest BCUT2D eigenvalue weighted by Crippen LogP contribution is -2.43. The Morgan fingerprint density at radius 3 is 2.31 bits per heavy atom. The van der Waals surface area contributed by atoms with Crippen LogP contribution >= 0.6 is 0 Å². The minimum absolute atomic E-state index is 0.0228. The number of likely N-dealkylation sites (N-methyl/N-ethyl adjacent to an activating group) is 1. The normalized spacial score (nSPS) is 12.4. The molecule has 0 heterocycles. The van der Waals surface area contributed by atoms with Gasteiger partial charge < -0.3 is 16.0 Å². The predicted molar refractivity (Wildman–Crippen MR) is 63.8 cm³/mol. The largest absolute Gasteiger partial charge is 0.346 e. The lowest BCUT2D eigenvalue weighted by Gasteiger charge is -2.26. The molecule has 0 aliphatic carbocycles. The van der Waals surface area contributed by atoms with E-state index in [-0.39, 0.29) is 30.9 Å². The van der Waals surface area contributed by atoms with E-state index in [1.807, 2.05) is 6.92 Å². The summed E-state index contributed by atoms with van der Waals surface area (Å²) in [5, 5.41) is 2.47. The van der Waals surface area contributed by atoms with Gasteiger partial charge in [0.1, 0.15) is 0 Å². The van der Waals surface area contributed by atoms with Gasteiger partial charge in [0.2, 0.25) is 11.8 Å². The second-order valence-corrected chi connectivity index (χ2v) is 4.46. The Morgan fingerprint density at radius 2 is 1.88 bits per heavy atom. The molecule has 5 heteroatoms. The van der Waals surface area contributed by atoms with Gasteiger partial charge in [0.15, 0.2) is 0 Å². The van der Waals surface area contributed by atoms with Crippen LogP contribution in [0.3, 0.4) is 0 Å². The molecule has 3 N–H and O–H groups in total. The van der Waals surface area contributed by atoms with Crippen molar-refractivity contribution in [2.75, 3.05) is 20.1 Å². The smallest absolute Gasteiger partial charge is 0.241 e. The molecule has 0 aromatic rings. The molecule has 0 aromatic carbocycles. The second kappa shape index (κ2) is 7.22. The first kappa shape index (κ1) is 14.9. The standard InChI is InChI=1S/C11H23N3O2/c1-8(2)5-9(3)14(4)11(16)7-13-10(15)6-12/h8-9H,5-7,12H2,1-4H3,(H,13,15). The Labute approximate surface area is 97.4 Å². The molecule has 0 aliphatic heterocycles. The van der Waals surface area contributed by atoms with Gasteiger partial charge in [-0.25, -0.2) is 0 Å². The fourth-order valence-corrected chi connectivity index (χ4v) is 1.46. The molecular weight excluding hydrogens is 206 g/mol. The first-order valence-electron chi connectivity index (χ1n) is 5.60. The fraction of sp³-hybridized carbons (Fsp3) is 0.818. The van der Waals surface area contributed by atoms with E-state index in [2.05, 4.69) is 19.2 Å². The van der Waals surface area contributed by atoms with Gasteiger partial charge in [-0.05, 0) is 19.3 Å². The Kier molecular flexibility index (Phi) is 6.72. The van der Waals surface area contributed by atoms with Crippen LogP contribution in [0.25, 0.3) is 0 Å². The zero-order valence-corrected chi connectivity index (χ0v) is 10.6. The third-order valence-electron chi connectivity index (χ3n) is 2.49. The number of carbonyl (C=O) groups excluding carboxylic acids is 2. The summed E-state index contributed by atoms with van der Waals surface area (Å²) < 4.78 is 0. The fourth-order valence-electron chi connectivity index (χ4n) is 1.46. The zero-order valence-electron chi connectivity index (χ0n) is 10.6. The van der Waals surface area contributed by atoms with Crippen molar-refractivity contribution in [3.8, 4) is 0 Å². The molecule has 0 saturated carbocycles. The number of carbonyl (C=O) groups is 2. The van der Waals surface area contributed by atoms with E-state index in [1.165, 1.54) is 0 Å². The maximum atomic E-state index is 11.7. The Morgan fingerprint density at radius 1 is 1.31 bits per heavy atom. The summed E-state index contributed by atoms with van der Waals surface area (Å²) >= 11 is 0. The maximum absolute atomic E-state index is 11.7. The third kappa shape index (κ3) is 5.70. The topological polar surface area (TPSA) is 75.4 Å². The number of rotatable bonds is 6. The molecule has 0 saturated heterocycles. The Balaban J connectivity index is 4.02. The molecule has 0 aliphatic rings. The van der Waals surface area contributed by atoms with Crippen LogP contribution in [0.4, 0.5) is 0 Å². The van der Waals surface area contributed by atoms with Crippen molar-refractivity contribution in [2.24, 2.45) is 11.7 Å². The predicted octanol–water partition coefficient (Wildman–Crippen LogP) is -0.0457. The van der Waals surface area contributed by atoms with Gasteiger partial charge in [-0.1, -0.05) is 13.8 Å². The van der Waals surface area contributed by atoms with Crippen LogP contribution in [0, 0.1) is 5.92 Å². The first-order chi connectivity index (χ1) is 7.38. The highest BCUT2D eigenvalue weighted by molar-refractivity contribution is 5.85. The van der Waals surface area contributed by atoms with Crippen molar-refractivity contribution < 1.29 is 9.59 Å². The van der Waals surface area contributed by atoms with Gasteiger partial charge in [0, 0.05) is 13.1 Å². The number of nitrogens with one attached hydrogen (secondary N) is 1. The number of amides is 2. The molecule has 94 valence electrons. The molecule has 1 atom stereocenters. The SMILES string of the molecule is CC(C)CC(C)N(C)C(=O)CNC(=O)CN. The lowest BCUT2D eigenvalue weighted by molar-refractivity contribution is -0.133. The van der Waals surface area contributed by atoms with Gasteiger partial charge in [-0.3, -0.25) is 9.59 Å². The van der Waals surface area contributed by atoms with Gasteiger partial charge in [-0.2, -0.15) is 0 Å². The molecule has 0 radical (unpaired) electrons. The molecule has 0 spiro atoms. The van der Waals surface area contributed by atoms with Crippen molar-refractivity contribution >= 4 is 11.8 Å². The minimum atomic E-state index is -0.307. The number of hydrogen-bond donors (Lipinski definition) is 2. The highest BCUT2D eigenvalue weighted by Gasteiger charge is 2.16. The minimum Gasteiger partial charge on any atom is -0.346 e. The molecule has 0 rings (SSSR count). The van der Waals surface area contributed by atoms with Crippen molar-refractivity contribution in [1.82, 2.24) is 10.2 Å². The summed E-state index contributed by atoms with van der Waals surface area (Å²) in [6.45, 7) is 6.17. The summed E-state index contributed by atoms with van der Waals surface area (Å²) in [4.78, 5) is 24.2. The van der Waals surface area contributed by atoms with Crippen LogP contribution < -0.4 is 11.1 Å². The van der Waals surface area contributed by atoms with Gasteiger partial charge in [0.25, 0.3) is 0 Å². The molecule has 2 amide bonds. The highest BCUT2D eigenvalue weighted by atomic mass is 16.2. The summed E-state index contributed by atoms with van der Waals surface area (Å²) in [7, 11) is 1.75. The molecule has 0 bridgehead atoms. The van der Waals surface area contributed by atoms with Crippen molar-refractivity contribution in [2.45, 2.75) is 33.2 Å². The van der Waals surface area contributed by atoms with Gasteiger partial charge in [0.05, 0.1) is 13.1 Å². The lowest BCUT2D eigenvalue weighted by atomic mass is 10.0.